The van der Waals surface area contributed by atoms with Gasteiger partial charge in [-0.1, -0.05) is 6.07 Å². The van der Waals surface area contributed by atoms with Crippen LogP contribution in [-0.2, 0) is 18.3 Å². The minimum atomic E-state index is 0. The van der Waals surface area contributed by atoms with E-state index in [0.717, 1.165) is 37.2 Å². The first-order chi connectivity index (χ1) is 10.7. The number of nitrogens with zero attached hydrogens (tertiary/aromatic N) is 4. The Morgan fingerprint density at radius 1 is 1.38 bits per heavy atom. The molecule has 24 heavy (non-hydrogen) atoms. The van der Waals surface area contributed by atoms with Gasteiger partial charge in [-0.2, -0.15) is 5.10 Å². The lowest BCUT2D eigenvalue weighted by Gasteiger charge is -2.36. The van der Waals surface area contributed by atoms with Crippen LogP contribution in [0.15, 0.2) is 36.9 Å². The van der Waals surface area contributed by atoms with Gasteiger partial charge in [-0.15, -0.1) is 24.8 Å². The lowest BCUT2D eigenvalue weighted by molar-refractivity contribution is -0.134. The molecular weight excluding hydrogens is 349 g/mol. The second-order valence-corrected chi connectivity index (χ2v) is 5.62. The zero-order chi connectivity index (χ0) is 15.4. The number of aryl methyl sites for hydroxylation is 2. The third-order valence-electron chi connectivity index (χ3n) is 4.02. The highest BCUT2D eigenvalue weighted by atomic mass is 35.5. The van der Waals surface area contributed by atoms with E-state index in [1.54, 1.807) is 10.9 Å². The van der Waals surface area contributed by atoms with E-state index < -0.39 is 0 Å². The van der Waals surface area contributed by atoms with Gasteiger partial charge in [0.2, 0.25) is 5.91 Å². The minimum absolute atomic E-state index is 0. The highest BCUT2D eigenvalue weighted by Crippen LogP contribution is 2.22. The van der Waals surface area contributed by atoms with Crippen LogP contribution >= 0.6 is 24.8 Å². The van der Waals surface area contributed by atoms with Crippen molar-refractivity contribution in [2.24, 2.45) is 7.05 Å². The Balaban J connectivity index is 0.00000144. The quantitative estimate of drug-likeness (QED) is 0.889. The van der Waals surface area contributed by atoms with Crippen LogP contribution in [0.3, 0.4) is 0 Å². The summed E-state index contributed by atoms with van der Waals surface area (Å²) in [6, 6.07) is 4.03. The molecule has 0 aromatic carbocycles. The van der Waals surface area contributed by atoms with Crippen molar-refractivity contribution in [3.05, 3.63) is 48.0 Å². The lowest BCUT2D eigenvalue weighted by atomic mass is 10.0. The predicted molar refractivity (Wildman–Crippen MR) is 97.6 cm³/mol. The Bertz CT molecular complexity index is 634. The van der Waals surface area contributed by atoms with E-state index in [4.69, 9.17) is 0 Å². The Morgan fingerprint density at radius 3 is 2.88 bits per heavy atom. The van der Waals surface area contributed by atoms with E-state index in [2.05, 4.69) is 15.4 Å². The first kappa shape index (κ1) is 20.4. The SMILES string of the molecule is Cl.Cl.Cn1cc(CCC(=O)N2CCNCC2c2cccnc2)cn1. The van der Waals surface area contributed by atoms with Gasteiger partial charge in [-0.3, -0.25) is 14.5 Å². The molecule has 2 aromatic rings. The molecule has 0 bridgehead atoms. The maximum Gasteiger partial charge on any atom is 0.223 e. The molecule has 6 nitrogen and oxygen atoms in total. The fraction of sp³-hybridized carbons (Fsp3) is 0.438. The Labute approximate surface area is 154 Å². The van der Waals surface area contributed by atoms with Crippen molar-refractivity contribution < 1.29 is 4.79 Å². The van der Waals surface area contributed by atoms with Crippen LogP contribution in [0.2, 0.25) is 0 Å². The van der Waals surface area contributed by atoms with Crippen LogP contribution in [0, 0.1) is 0 Å². The monoisotopic (exact) mass is 371 g/mol. The Kier molecular flexibility index (Phi) is 8.18. The average molecular weight is 372 g/mol. The third-order valence-corrected chi connectivity index (χ3v) is 4.02. The van der Waals surface area contributed by atoms with Gasteiger partial charge in [-0.05, 0) is 23.6 Å². The first-order valence-corrected chi connectivity index (χ1v) is 7.61. The van der Waals surface area contributed by atoms with Crippen molar-refractivity contribution in [1.82, 2.24) is 25.0 Å². The van der Waals surface area contributed by atoms with Gasteiger partial charge in [-0.25, -0.2) is 0 Å². The second kappa shape index (κ2) is 9.61. The van der Waals surface area contributed by atoms with Gasteiger partial charge in [0.25, 0.3) is 0 Å². The molecule has 3 heterocycles. The number of hydrogen-bond donors (Lipinski definition) is 1. The largest absolute Gasteiger partial charge is 0.333 e. The molecule has 3 rings (SSSR count). The van der Waals surface area contributed by atoms with Crippen molar-refractivity contribution in [1.29, 1.82) is 0 Å². The van der Waals surface area contributed by atoms with Gasteiger partial charge in [0.1, 0.15) is 0 Å². The maximum absolute atomic E-state index is 12.6. The van der Waals surface area contributed by atoms with E-state index in [0.29, 0.717) is 6.42 Å². The molecule has 1 amide bonds. The predicted octanol–water partition coefficient (Wildman–Crippen LogP) is 1.76. The van der Waals surface area contributed by atoms with Gasteiger partial charge in [0, 0.05) is 51.7 Å². The van der Waals surface area contributed by atoms with Crippen LogP contribution in [0.25, 0.3) is 0 Å². The van der Waals surface area contributed by atoms with Crippen molar-refractivity contribution in [2.45, 2.75) is 18.9 Å². The van der Waals surface area contributed by atoms with Crippen LogP contribution in [0.4, 0.5) is 0 Å². The number of pyridine rings is 1. The van der Waals surface area contributed by atoms with Crippen molar-refractivity contribution in [3.8, 4) is 0 Å². The molecule has 1 atom stereocenters. The average Bonchev–Trinajstić information content (AvgIpc) is 2.99. The van der Waals surface area contributed by atoms with Gasteiger partial charge in [0.15, 0.2) is 0 Å². The van der Waals surface area contributed by atoms with Crippen LogP contribution in [0.5, 0.6) is 0 Å². The van der Waals surface area contributed by atoms with Crippen molar-refractivity contribution in [3.63, 3.8) is 0 Å². The van der Waals surface area contributed by atoms with Crippen LogP contribution in [-0.4, -0.2) is 45.2 Å². The molecule has 0 aliphatic carbocycles. The molecule has 2 aromatic heterocycles. The normalized spacial score (nSPS) is 16.9. The number of carbonyl (C=O) groups is 1. The summed E-state index contributed by atoms with van der Waals surface area (Å²) in [5.41, 5.74) is 2.19. The van der Waals surface area contributed by atoms with Gasteiger partial charge >= 0.3 is 0 Å². The fourth-order valence-electron chi connectivity index (χ4n) is 2.87. The summed E-state index contributed by atoms with van der Waals surface area (Å²) in [4.78, 5) is 18.8. The summed E-state index contributed by atoms with van der Waals surface area (Å²) in [5, 5.41) is 7.50. The van der Waals surface area contributed by atoms with E-state index in [1.165, 1.54) is 0 Å². The number of rotatable bonds is 4. The minimum Gasteiger partial charge on any atom is -0.333 e. The number of hydrogen-bond acceptors (Lipinski definition) is 4. The topological polar surface area (TPSA) is 63.1 Å². The smallest absolute Gasteiger partial charge is 0.223 e. The third kappa shape index (κ3) is 4.93. The van der Waals surface area contributed by atoms with Crippen LogP contribution in [0.1, 0.15) is 23.6 Å². The van der Waals surface area contributed by atoms with Crippen LogP contribution < -0.4 is 5.32 Å². The standard InChI is InChI=1S/C16H21N5O.2ClH/c1-20-12-13(9-19-20)4-5-16(22)21-8-7-18-11-15(21)14-3-2-6-17-10-14;;/h2-3,6,9-10,12,15,18H,4-5,7-8,11H2,1H3;2*1H. The zero-order valence-electron chi connectivity index (χ0n) is 13.6. The summed E-state index contributed by atoms with van der Waals surface area (Å²) >= 11 is 0. The molecule has 1 N–H and O–H groups in total. The Hall–Kier alpha value is -1.63. The molecule has 0 saturated carbocycles. The maximum atomic E-state index is 12.6. The molecule has 1 unspecified atom stereocenters. The summed E-state index contributed by atoms with van der Waals surface area (Å²) in [7, 11) is 1.89. The van der Waals surface area contributed by atoms with E-state index in [1.807, 2.05) is 42.7 Å². The molecule has 1 saturated heterocycles. The van der Waals surface area contributed by atoms with E-state index in [9.17, 15) is 4.79 Å². The lowest BCUT2D eigenvalue weighted by Crippen LogP contribution is -2.48. The van der Waals surface area contributed by atoms with Crippen molar-refractivity contribution in [2.75, 3.05) is 19.6 Å². The molecule has 8 heteroatoms. The fourth-order valence-corrected chi connectivity index (χ4v) is 2.87. The molecule has 1 aliphatic rings. The summed E-state index contributed by atoms with van der Waals surface area (Å²) in [6.07, 6.45) is 8.64. The molecular formula is C16H23Cl2N5O. The second-order valence-electron chi connectivity index (χ2n) is 5.62. The van der Waals surface area contributed by atoms with E-state index >= 15 is 0 Å². The number of nitrogens with one attached hydrogen (secondary N) is 1. The molecule has 0 radical (unpaired) electrons. The first-order valence-electron chi connectivity index (χ1n) is 7.61. The highest BCUT2D eigenvalue weighted by molar-refractivity contribution is 5.85. The number of aromatic nitrogens is 3. The highest BCUT2D eigenvalue weighted by Gasteiger charge is 2.27. The number of carbonyl (C=O) groups excluding carboxylic acids is 1. The summed E-state index contributed by atoms with van der Waals surface area (Å²) in [5.74, 6) is 0.194. The molecule has 1 fully saturated rings. The summed E-state index contributed by atoms with van der Waals surface area (Å²) in [6.45, 7) is 2.37. The molecule has 1 aliphatic heterocycles. The zero-order valence-corrected chi connectivity index (χ0v) is 15.2. The molecule has 0 spiro atoms. The van der Waals surface area contributed by atoms with Gasteiger partial charge < -0.3 is 10.2 Å². The Morgan fingerprint density at radius 2 is 2.21 bits per heavy atom. The van der Waals surface area contributed by atoms with Crippen molar-refractivity contribution >= 4 is 30.7 Å². The number of piperazine rings is 1. The number of amides is 1. The summed E-state index contributed by atoms with van der Waals surface area (Å²) < 4.78 is 1.77. The van der Waals surface area contributed by atoms with Gasteiger partial charge in [0.05, 0.1) is 12.2 Å². The number of halogens is 2. The van der Waals surface area contributed by atoms with E-state index in [-0.39, 0.29) is 36.8 Å². The molecule has 132 valence electrons.